The van der Waals surface area contributed by atoms with Crippen LogP contribution in [0.4, 0.5) is 21.6 Å². The first kappa shape index (κ1) is 21.4. The van der Waals surface area contributed by atoms with Crippen LogP contribution >= 0.6 is 23.4 Å². The van der Waals surface area contributed by atoms with E-state index in [2.05, 4.69) is 25.1 Å². The van der Waals surface area contributed by atoms with Crippen molar-refractivity contribution in [3.63, 3.8) is 0 Å². The quantitative estimate of drug-likeness (QED) is 0.556. The van der Waals surface area contributed by atoms with Crippen LogP contribution in [-0.4, -0.2) is 47.8 Å². The molecule has 1 aliphatic heterocycles. The second-order valence-electron chi connectivity index (χ2n) is 6.95. The van der Waals surface area contributed by atoms with Crippen LogP contribution in [0.25, 0.3) is 0 Å². The van der Waals surface area contributed by atoms with Gasteiger partial charge in [-0.05, 0) is 36.4 Å². The van der Waals surface area contributed by atoms with E-state index in [1.165, 1.54) is 23.9 Å². The van der Waals surface area contributed by atoms with Crippen LogP contribution in [0.2, 0.25) is 5.02 Å². The van der Waals surface area contributed by atoms with Gasteiger partial charge in [0.05, 0.1) is 16.5 Å². The minimum Gasteiger partial charge on any atom is -0.368 e. The maximum absolute atomic E-state index is 13.2. The van der Waals surface area contributed by atoms with Crippen LogP contribution in [0.15, 0.2) is 66.0 Å². The van der Waals surface area contributed by atoms with Gasteiger partial charge in [-0.3, -0.25) is 4.79 Å². The van der Waals surface area contributed by atoms with Crippen molar-refractivity contribution in [2.45, 2.75) is 5.03 Å². The molecule has 1 amide bonds. The fraction of sp³-hybridized carbons (Fsp3) is 0.227. The molecule has 0 saturated carbocycles. The molecule has 6 nitrogen and oxygen atoms in total. The van der Waals surface area contributed by atoms with Gasteiger partial charge in [0, 0.05) is 44.3 Å². The summed E-state index contributed by atoms with van der Waals surface area (Å²) >= 11 is 7.45. The molecule has 0 atom stereocenters. The molecule has 0 bridgehead atoms. The van der Waals surface area contributed by atoms with Crippen LogP contribution in [0, 0.1) is 5.82 Å². The molecule has 1 aliphatic rings. The molecule has 4 rings (SSSR count). The van der Waals surface area contributed by atoms with Gasteiger partial charge >= 0.3 is 0 Å². The number of anilines is 3. The Bertz CT molecular complexity index is 1040. The van der Waals surface area contributed by atoms with E-state index in [9.17, 15) is 9.18 Å². The molecule has 2 heterocycles. The highest BCUT2D eigenvalue weighted by atomic mass is 35.5. The van der Waals surface area contributed by atoms with Crippen molar-refractivity contribution in [1.82, 2.24) is 9.97 Å². The minimum atomic E-state index is -0.234. The van der Waals surface area contributed by atoms with Gasteiger partial charge in [0.25, 0.3) is 0 Å². The summed E-state index contributed by atoms with van der Waals surface area (Å²) in [6, 6.07) is 13.7. The van der Waals surface area contributed by atoms with E-state index in [0.717, 1.165) is 37.7 Å². The smallest absolute Gasteiger partial charge is 0.234 e. The monoisotopic (exact) mass is 457 g/mol. The van der Waals surface area contributed by atoms with Crippen LogP contribution < -0.4 is 15.1 Å². The fourth-order valence-electron chi connectivity index (χ4n) is 3.35. The number of benzene rings is 2. The van der Waals surface area contributed by atoms with E-state index in [-0.39, 0.29) is 17.5 Å². The molecule has 0 radical (unpaired) electrons. The summed E-state index contributed by atoms with van der Waals surface area (Å²) in [5.41, 5.74) is 1.59. The van der Waals surface area contributed by atoms with E-state index < -0.39 is 0 Å². The van der Waals surface area contributed by atoms with Gasteiger partial charge in [-0.25, -0.2) is 14.4 Å². The normalized spacial score (nSPS) is 13.9. The van der Waals surface area contributed by atoms with E-state index in [1.807, 2.05) is 12.1 Å². The number of para-hydroxylation sites is 1. The molecular weight excluding hydrogens is 437 g/mol. The highest BCUT2D eigenvalue weighted by Crippen LogP contribution is 2.28. The lowest BCUT2D eigenvalue weighted by atomic mass is 10.2. The number of amides is 1. The van der Waals surface area contributed by atoms with E-state index in [0.29, 0.717) is 15.7 Å². The summed E-state index contributed by atoms with van der Waals surface area (Å²) < 4.78 is 13.2. The lowest BCUT2D eigenvalue weighted by Crippen LogP contribution is -2.47. The first-order chi connectivity index (χ1) is 15.1. The van der Waals surface area contributed by atoms with E-state index in [4.69, 9.17) is 11.6 Å². The van der Waals surface area contributed by atoms with Gasteiger partial charge in [0.15, 0.2) is 5.82 Å². The van der Waals surface area contributed by atoms with Crippen molar-refractivity contribution < 1.29 is 9.18 Å². The molecule has 0 unspecified atom stereocenters. The zero-order valence-electron chi connectivity index (χ0n) is 16.7. The fourth-order valence-corrected chi connectivity index (χ4v) is 4.32. The molecule has 0 aliphatic carbocycles. The average Bonchev–Trinajstić information content (AvgIpc) is 2.80. The molecule has 1 N–H and O–H groups in total. The summed E-state index contributed by atoms with van der Waals surface area (Å²) in [5.74, 6) is 0.585. The van der Waals surface area contributed by atoms with Gasteiger partial charge in [0.2, 0.25) is 5.91 Å². The largest absolute Gasteiger partial charge is 0.368 e. The molecule has 1 aromatic heterocycles. The summed E-state index contributed by atoms with van der Waals surface area (Å²) in [6.45, 7) is 3.10. The van der Waals surface area contributed by atoms with Gasteiger partial charge in [-0.1, -0.05) is 35.5 Å². The number of nitrogens with one attached hydrogen (secondary N) is 1. The topological polar surface area (TPSA) is 61.4 Å². The van der Waals surface area contributed by atoms with Crippen LogP contribution in [0.1, 0.15) is 0 Å². The summed E-state index contributed by atoms with van der Waals surface area (Å²) in [5, 5.41) is 4.04. The van der Waals surface area contributed by atoms with Crippen molar-refractivity contribution in [3.8, 4) is 0 Å². The van der Waals surface area contributed by atoms with Crippen molar-refractivity contribution in [1.29, 1.82) is 0 Å². The molecule has 31 heavy (non-hydrogen) atoms. The number of nitrogens with zero attached hydrogens (tertiary/aromatic N) is 4. The maximum Gasteiger partial charge on any atom is 0.234 e. The predicted octanol–water partition coefficient (Wildman–Crippen LogP) is 4.33. The van der Waals surface area contributed by atoms with Gasteiger partial charge in [0.1, 0.15) is 10.8 Å². The van der Waals surface area contributed by atoms with Gasteiger partial charge in [-0.15, -0.1) is 0 Å². The van der Waals surface area contributed by atoms with Crippen LogP contribution in [0.5, 0.6) is 0 Å². The standard InChI is InChI=1S/C22H21ClFN5OS/c23-18-3-1-2-4-19(18)27-20(30)15-31-22-21(25-9-10-26-22)29-13-11-28(12-14-29)17-7-5-16(24)6-8-17/h1-10H,11-15H2,(H,27,30). The SMILES string of the molecule is O=C(CSc1nccnc1N1CCN(c2ccc(F)cc2)CC1)Nc1ccccc1Cl. The Morgan fingerprint density at radius 1 is 1.00 bits per heavy atom. The first-order valence-electron chi connectivity index (χ1n) is 9.84. The molecule has 9 heteroatoms. The second-order valence-corrected chi connectivity index (χ2v) is 8.32. The third-order valence-electron chi connectivity index (χ3n) is 4.91. The third kappa shape index (κ3) is 5.45. The lowest BCUT2D eigenvalue weighted by Gasteiger charge is -2.37. The Kier molecular flexibility index (Phi) is 6.89. The molecule has 1 saturated heterocycles. The molecular formula is C22H21ClFN5OS. The van der Waals surface area contributed by atoms with Crippen molar-refractivity contribution in [2.75, 3.05) is 47.0 Å². The number of carbonyl (C=O) groups excluding carboxylic acids is 1. The number of halogens is 2. The highest BCUT2D eigenvalue weighted by molar-refractivity contribution is 8.00. The number of carbonyl (C=O) groups is 1. The molecule has 2 aromatic carbocycles. The molecule has 3 aromatic rings. The number of aromatic nitrogens is 2. The van der Waals surface area contributed by atoms with Crippen LogP contribution in [0.3, 0.4) is 0 Å². The summed E-state index contributed by atoms with van der Waals surface area (Å²) in [6.07, 6.45) is 3.29. The van der Waals surface area contributed by atoms with Gasteiger partial charge in [-0.2, -0.15) is 0 Å². The van der Waals surface area contributed by atoms with E-state index >= 15 is 0 Å². The summed E-state index contributed by atoms with van der Waals surface area (Å²) in [4.78, 5) is 25.7. The number of hydrogen-bond donors (Lipinski definition) is 1. The summed E-state index contributed by atoms with van der Waals surface area (Å²) in [7, 11) is 0. The number of piperazine rings is 1. The zero-order chi connectivity index (χ0) is 21.6. The first-order valence-corrected chi connectivity index (χ1v) is 11.2. The minimum absolute atomic E-state index is 0.157. The molecule has 1 fully saturated rings. The van der Waals surface area contributed by atoms with Crippen molar-refractivity contribution in [3.05, 3.63) is 71.8 Å². The Morgan fingerprint density at radius 2 is 1.68 bits per heavy atom. The Balaban J connectivity index is 1.36. The van der Waals surface area contributed by atoms with E-state index in [1.54, 1.807) is 36.7 Å². The molecule has 160 valence electrons. The zero-order valence-corrected chi connectivity index (χ0v) is 18.2. The lowest BCUT2D eigenvalue weighted by molar-refractivity contribution is -0.113. The molecule has 0 spiro atoms. The third-order valence-corrected chi connectivity index (χ3v) is 6.20. The average molecular weight is 458 g/mol. The highest BCUT2D eigenvalue weighted by Gasteiger charge is 2.22. The van der Waals surface area contributed by atoms with Gasteiger partial charge < -0.3 is 15.1 Å². The predicted molar refractivity (Wildman–Crippen MR) is 124 cm³/mol. The Morgan fingerprint density at radius 3 is 2.42 bits per heavy atom. The Hall–Kier alpha value is -2.84. The number of hydrogen-bond acceptors (Lipinski definition) is 6. The number of thioether (sulfide) groups is 1. The second kappa shape index (κ2) is 9.98. The Labute approximate surface area is 189 Å². The van der Waals surface area contributed by atoms with Crippen LogP contribution in [-0.2, 0) is 4.79 Å². The van der Waals surface area contributed by atoms with Crippen molar-refractivity contribution in [2.24, 2.45) is 0 Å². The number of rotatable bonds is 6. The van der Waals surface area contributed by atoms with Crippen molar-refractivity contribution >= 4 is 46.5 Å². The maximum atomic E-state index is 13.2.